The number of methoxy groups -OCH3 is 1. The first-order chi connectivity index (χ1) is 8.36. The van der Waals surface area contributed by atoms with Gasteiger partial charge in [0.05, 0.1) is 7.11 Å². The second kappa shape index (κ2) is 10.7. The molecule has 0 atom stereocenters. The van der Waals surface area contributed by atoms with Crippen molar-refractivity contribution in [3.05, 3.63) is 60.2 Å². The van der Waals surface area contributed by atoms with E-state index in [-0.39, 0.29) is 0 Å². The maximum absolute atomic E-state index is 5.08. The molecule has 0 aliphatic carbocycles. The van der Waals surface area contributed by atoms with Gasteiger partial charge in [-0.2, -0.15) is 0 Å². The molecule has 0 aliphatic heterocycles. The first-order valence-corrected chi connectivity index (χ1v) is 5.97. The van der Waals surface area contributed by atoms with Gasteiger partial charge in [0.2, 0.25) is 0 Å². The third-order valence-electron chi connectivity index (χ3n) is 1.93. The Hall–Kier alpha value is -1.76. The second-order valence-electron chi connectivity index (χ2n) is 3.04. The van der Waals surface area contributed by atoms with Gasteiger partial charge in [0.1, 0.15) is 5.75 Å². The number of ether oxygens (including phenoxy) is 1. The fraction of sp³-hybridized carbons (Fsp3) is 0.250. The summed E-state index contributed by atoms with van der Waals surface area (Å²) in [6.45, 7) is 6.00. The van der Waals surface area contributed by atoms with Gasteiger partial charge >= 0.3 is 0 Å². The topological polar surface area (TPSA) is 9.23 Å². The van der Waals surface area contributed by atoms with Crippen LogP contribution in [0.1, 0.15) is 26.3 Å². The Kier molecular flexibility index (Phi) is 9.64. The predicted octanol–water partition coefficient (Wildman–Crippen LogP) is 4.87. The lowest BCUT2D eigenvalue weighted by molar-refractivity contribution is 0.415. The number of rotatable bonds is 4. The highest BCUT2D eigenvalue weighted by Gasteiger charge is 1.88. The minimum Gasteiger partial charge on any atom is -0.497 e. The average Bonchev–Trinajstić information content (AvgIpc) is 2.41. The zero-order valence-corrected chi connectivity index (χ0v) is 11.2. The molecule has 1 rings (SSSR count). The van der Waals surface area contributed by atoms with Crippen LogP contribution in [-0.2, 0) is 0 Å². The van der Waals surface area contributed by atoms with Crippen molar-refractivity contribution in [2.45, 2.75) is 20.8 Å². The minimum atomic E-state index is 0.886. The SMILES string of the molecule is CC.C\C=C/C=C\C=C\c1ccc(OC)cc1. The standard InChI is InChI=1S/C14H16O.C2H6/c1-3-4-5-6-7-8-13-9-11-14(15-2)12-10-13;1-2/h3-12H,1-2H3;1-2H3/b4-3-,6-5-,8-7+;. The highest BCUT2D eigenvalue weighted by molar-refractivity contribution is 5.52. The summed E-state index contributed by atoms with van der Waals surface area (Å²) in [5, 5.41) is 0. The Morgan fingerprint density at radius 2 is 1.47 bits per heavy atom. The molecule has 0 N–H and O–H groups in total. The van der Waals surface area contributed by atoms with Gasteiger partial charge in [0.15, 0.2) is 0 Å². The molecule has 0 bridgehead atoms. The number of hydrogen-bond donors (Lipinski definition) is 0. The summed E-state index contributed by atoms with van der Waals surface area (Å²) >= 11 is 0. The molecular formula is C16H22O. The van der Waals surface area contributed by atoms with Crippen LogP contribution in [-0.4, -0.2) is 7.11 Å². The zero-order valence-electron chi connectivity index (χ0n) is 11.2. The third kappa shape index (κ3) is 7.18. The van der Waals surface area contributed by atoms with E-state index < -0.39 is 0 Å². The Morgan fingerprint density at radius 3 is 2.00 bits per heavy atom. The first-order valence-electron chi connectivity index (χ1n) is 5.97. The van der Waals surface area contributed by atoms with Crippen molar-refractivity contribution >= 4 is 6.08 Å². The molecule has 92 valence electrons. The van der Waals surface area contributed by atoms with Gasteiger partial charge < -0.3 is 4.74 Å². The van der Waals surface area contributed by atoms with Gasteiger partial charge in [-0.1, -0.05) is 62.4 Å². The summed E-state index contributed by atoms with van der Waals surface area (Å²) in [6, 6.07) is 7.96. The second-order valence-corrected chi connectivity index (χ2v) is 3.04. The lowest BCUT2D eigenvalue weighted by Gasteiger charge is -1.98. The lowest BCUT2D eigenvalue weighted by Crippen LogP contribution is -1.81. The maximum Gasteiger partial charge on any atom is 0.118 e. The smallest absolute Gasteiger partial charge is 0.118 e. The van der Waals surface area contributed by atoms with E-state index >= 15 is 0 Å². The molecule has 17 heavy (non-hydrogen) atoms. The Balaban J connectivity index is 0.00000121. The molecule has 1 nitrogen and oxygen atoms in total. The van der Waals surface area contributed by atoms with Crippen LogP contribution in [0.4, 0.5) is 0 Å². The number of hydrogen-bond acceptors (Lipinski definition) is 1. The normalized spacial score (nSPS) is 10.8. The molecule has 0 amide bonds. The van der Waals surface area contributed by atoms with E-state index in [1.807, 2.05) is 75.4 Å². The molecule has 1 heteroatoms. The van der Waals surface area contributed by atoms with Crippen molar-refractivity contribution in [3.8, 4) is 5.75 Å². The van der Waals surface area contributed by atoms with Crippen LogP contribution in [0.15, 0.2) is 54.6 Å². The predicted molar refractivity (Wildman–Crippen MR) is 77.3 cm³/mol. The van der Waals surface area contributed by atoms with E-state index in [1.54, 1.807) is 7.11 Å². The Bertz CT molecular complexity index is 356. The van der Waals surface area contributed by atoms with Gasteiger partial charge in [-0.05, 0) is 24.6 Å². The van der Waals surface area contributed by atoms with Crippen LogP contribution in [0.5, 0.6) is 5.75 Å². The van der Waals surface area contributed by atoms with Gasteiger partial charge in [0.25, 0.3) is 0 Å². The monoisotopic (exact) mass is 230 g/mol. The third-order valence-corrected chi connectivity index (χ3v) is 1.93. The summed E-state index contributed by atoms with van der Waals surface area (Å²) in [5.41, 5.74) is 1.17. The first kappa shape index (κ1) is 15.2. The molecule has 0 radical (unpaired) electrons. The highest BCUT2D eigenvalue weighted by atomic mass is 16.5. The van der Waals surface area contributed by atoms with Crippen LogP contribution in [0.2, 0.25) is 0 Å². The van der Waals surface area contributed by atoms with Crippen molar-refractivity contribution in [2.24, 2.45) is 0 Å². The van der Waals surface area contributed by atoms with E-state index in [1.165, 1.54) is 5.56 Å². The fourth-order valence-corrected chi connectivity index (χ4v) is 1.12. The summed E-state index contributed by atoms with van der Waals surface area (Å²) in [5.74, 6) is 0.886. The summed E-state index contributed by atoms with van der Waals surface area (Å²) in [6.07, 6.45) is 12.1. The van der Waals surface area contributed by atoms with Gasteiger partial charge in [-0.25, -0.2) is 0 Å². The average molecular weight is 230 g/mol. The van der Waals surface area contributed by atoms with Gasteiger partial charge in [0, 0.05) is 0 Å². The molecule has 0 heterocycles. The quantitative estimate of drug-likeness (QED) is 0.671. The number of allylic oxidation sites excluding steroid dienone is 5. The van der Waals surface area contributed by atoms with E-state index in [0.717, 1.165) is 5.75 Å². The molecule has 0 saturated carbocycles. The molecule has 0 unspecified atom stereocenters. The zero-order chi connectivity index (χ0) is 12.9. The van der Waals surface area contributed by atoms with Crippen LogP contribution in [0, 0.1) is 0 Å². The van der Waals surface area contributed by atoms with Gasteiger partial charge in [-0.15, -0.1) is 0 Å². The maximum atomic E-state index is 5.08. The lowest BCUT2D eigenvalue weighted by atomic mass is 10.2. The molecule has 1 aromatic carbocycles. The molecule has 0 aliphatic rings. The van der Waals surface area contributed by atoms with Crippen molar-refractivity contribution in [1.29, 1.82) is 0 Å². The van der Waals surface area contributed by atoms with Crippen molar-refractivity contribution in [1.82, 2.24) is 0 Å². The van der Waals surface area contributed by atoms with Crippen molar-refractivity contribution < 1.29 is 4.74 Å². The molecule has 1 aromatic rings. The van der Waals surface area contributed by atoms with E-state index in [2.05, 4.69) is 6.08 Å². The summed E-state index contributed by atoms with van der Waals surface area (Å²) in [7, 11) is 1.67. The summed E-state index contributed by atoms with van der Waals surface area (Å²) < 4.78 is 5.08. The Labute approximate surface area is 105 Å². The van der Waals surface area contributed by atoms with Crippen LogP contribution < -0.4 is 4.74 Å². The van der Waals surface area contributed by atoms with Crippen molar-refractivity contribution in [3.63, 3.8) is 0 Å². The van der Waals surface area contributed by atoms with E-state index in [0.29, 0.717) is 0 Å². The summed E-state index contributed by atoms with van der Waals surface area (Å²) in [4.78, 5) is 0. The highest BCUT2D eigenvalue weighted by Crippen LogP contribution is 2.12. The number of benzene rings is 1. The van der Waals surface area contributed by atoms with Crippen LogP contribution in [0.25, 0.3) is 6.08 Å². The largest absolute Gasteiger partial charge is 0.497 e. The minimum absolute atomic E-state index is 0.886. The fourth-order valence-electron chi connectivity index (χ4n) is 1.12. The molecule has 0 spiro atoms. The molecule has 0 aromatic heterocycles. The van der Waals surface area contributed by atoms with Crippen molar-refractivity contribution in [2.75, 3.05) is 7.11 Å². The van der Waals surface area contributed by atoms with Crippen LogP contribution >= 0.6 is 0 Å². The Morgan fingerprint density at radius 1 is 0.882 bits per heavy atom. The van der Waals surface area contributed by atoms with Crippen LogP contribution in [0.3, 0.4) is 0 Å². The molecule has 0 fully saturated rings. The van der Waals surface area contributed by atoms with E-state index in [4.69, 9.17) is 4.74 Å². The van der Waals surface area contributed by atoms with Gasteiger partial charge in [-0.3, -0.25) is 0 Å². The van der Waals surface area contributed by atoms with E-state index in [9.17, 15) is 0 Å². The molecular weight excluding hydrogens is 208 g/mol. The molecule has 0 saturated heterocycles.